The third-order valence-electron chi connectivity index (χ3n) is 3.49. The van der Waals surface area contributed by atoms with Gasteiger partial charge in [-0.15, -0.1) is 12.4 Å². The average Bonchev–Trinajstić information content (AvgIpc) is 2.26. The second kappa shape index (κ2) is 6.68. The monoisotopic (exact) mass is 310 g/mol. The van der Waals surface area contributed by atoms with E-state index in [9.17, 15) is 5.11 Å². The summed E-state index contributed by atoms with van der Waals surface area (Å²) in [7, 11) is 0. The van der Waals surface area contributed by atoms with E-state index in [1.807, 2.05) is 12.1 Å². The van der Waals surface area contributed by atoms with Crippen LogP contribution in [0.15, 0.2) is 12.1 Å². The van der Waals surface area contributed by atoms with Crippen molar-refractivity contribution in [1.29, 1.82) is 5.26 Å². The molecule has 3 N–H and O–H groups in total. The van der Waals surface area contributed by atoms with Crippen molar-refractivity contribution in [2.24, 2.45) is 5.73 Å². The Labute approximate surface area is 134 Å². The molecule has 118 valence electrons. The highest BCUT2D eigenvalue weighted by Gasteiger charge is 2.27. The average molecular weight is 311 g/mol. The first-order chi connectivity index (χ1) is 8.98. The molecule has 0 radical (unpaired) electrons. The third-order valence-corrected chi connectivity index (χ3v) is 3.49. The Kier molecular flexibility index (Phi) is 6.29. The van der Waals surface area contributed by atoms with Crippen LogP contribution in [0.2, 0.25) is 0 Å². The molecule has 0 aromatic heterocycles. The second-order valence-corrected chi connectivity index (χ2v) is 7.43. The number of phenolic OH excluding ortho intramolecular Hbond substituents is 1. The maximum Gasteiger partial charge on any atom is 0.123 e. The van der Waals surface area contributed by atoms with Gasteiger partial charge in [0.05, 0.1) is 12.5 Å². The maximum atomic E-state index is 10.6. The molecule has 0 bridgehead atoms. The van der Waals surface area contributed by atoms with Gasteiger partial charge < -0.3 is 10.8 Å². The van der Waals surface area contributed by atoms with Crippen LogP contribution in [0.5, 0.6) is 5.75 Å². The van der Waals surface area contributed by atoms with Gasteiger partial charge in [-0.25, -0.2) is 0 Å². The first-order valence-corrected chi connectivity index (χ1v) is 6.99. The molecule has 0 heterocycles. The van der Waals surface area contributed by atoms with Crippen molar-refractivity contribution in [2.45, 2.75) is 64.8 Å². The molecule has 1 aromatic carbocycles. The SMILES string of the molecule is CC(C)(C)c1cc([C@H](N)CC#N)cc(C(C)(C)C)c1O.Cl. The van der Waals surface area contributed by atoms with Crippen molar-refractivity contribution in [2.75, 3.05) is 0 Å². The van der Waals surface area contributed by atoms with E-state index in [0.717, 1.165) is 16.7 Å². The summed E-state index contributed by atoms with van der Waals surface area (Å²) in [5.74, 6) is 0.345. The van der Waals surface area contributed by atoms with Crippen LogP contribution in [0.25, 0.3) is 0 Å². The molecule has 4 heteroatoms. The summed E-state index contributed by atoms with van der Waals surface area (Å²) in [6.07, 6.45) is 0.276. The van der Waals surface area contributed by atoms with Gasteiger partial charge >= 0.3 is 0 Å². The Morgan fingerprint density at radius 1 is 1.10 bits per heavy atom. The zero-order chi connectivity index (χ0) is 15.7. The van der Waals surface area contributed by atoms with Crippen molar-refractivity contribution in [3.8, 4) is 11.8 Å². The molecular weight excluding hydrogens is 284 g/mol. The Hall–Kier alpha value is -1.24. The van der Waals surface area contributed by atoms with Crippen LogP contribution in [0, 0.1) is 11.3 Å². The zero-order valence-electron chi connectivity index (χ0n) is 13.8. The number of rotatable bonds is 2. The quantitative estimate of drug-likeness (QED) is 0.854. The lowest BCUT2D eigenvalue weighted by Gasteiger charge is -2.29. The smallest absolute Gasteiger partial charge is 0.123 e. The topological polar surface area (TPSA) is 70.0 Å². The van der Waals surface area contributed by atoms with Crippen molar-refractivity contribution in [3.05, 3.63) is 28.8 Å². The number of hydrogen-bond donors (Lipinski definition) is 2. The van der Waals surface area contributed by atoms with Crippen LogP contribution in [0.3, 0.4) is 0 Å². The number of hydrogen-bond acceptors (Lipinski definition) is 3. The Morgan fingerprint density at radius 2 is 1.48 bits per heavy atom. The molecule has 0 aliphatic heterocycles. The van der Waals surface area contributed by atoms with E-state index in [-0.39, 0.29) is 35.7 Å². The predicted octanol–water partition coefficient (Wildman–Crippen LogP) is 4.32. The summed E-state index contributed by atoms with van der Waals surface area (Å²) in [5.41, 5.74) is 8.41. The lowest BCUT2D eigenvalue weighted by Crippen LogP contribution is -2.20. The molecule has 1 aromatic rings. The highest BCUT2D eigenvalue weighted by Crippen LogP contribution is 2.40. The molecule has 1 rings (SSSR count). The van der Waals surface area contributed by atoms with E-state index in [1.54, 1.807) is 0 Å². The number of nitriles is 1. The first-order valence-electron chi connectivity index (χ1n) is 6.99. The molecule has 0 saturated heterocycles. The van der Waals surface area contributed by atoms with Gasteiger partial charge in [0, 0.05) is 6.04 Å². The van der Waals surface area contributed by atoms with Crippen molar-refractivity contribution >= 4 is 12.4 Å². The fraction of sp³-hybridized carbons (Fsp3) is 0.588. The van der Waals surface area contributed by atoms with Gasteiger partial charge in [0.15, 0.2) is 0 Å². The number of benzene rings is 1. The Morgan fingerprint density at radius 3 is 1.76 bits per heavy atom. The number of phenols is 1. The summed E-state index contributed by atoms with van der Waals surface area (Å²) < 4.78 is 0. The maximum absolute atomic E-state index is 10.6. The van der Waals surface area contributed by atoms with Gasteiger partial charge in [0.1, 0.15) is 5.75 Å². The molecular formula is C17H27ClN2O. The van der Waals surface area contributed by atoms with E-state index in [2.05, 4.69) is 47.6 Å². The summed E-state index contributed by atoms with van der Waals surface area (Å²) in [6, 6.07) is 5.67. The van der Waals surface area contributed by atoms with Crippen molar-refractivity contribution in [1.82, 2.24) is 0 Å². The molecule has 0 saturated carbocycles. The van der Waals surface area contributed by atoms with E-state index in [4.69, 9.17) is 11.0 Å². The van der Waals surface area contributed by atoms with Gasteiger partial charge in [-0.3, -0.25) is 0 Å². The minimum Gasteiger partial charge on any atom is -0.507 e. The van der Waals surface area contributed by atoms with Crippen LogP contribution in [0.1, 0.15) is 70.7 Å². The minimum atomic E-state index is -0.317. The Balaban J connectivity index is 0.00000400. The van der Waals surface area contributed by atoms with Gasteiger partial charge in [-0.05, 0) is 39.7 Å². The lowest BCUT2D eigenvalue weighted by atomic mass is 9.77. The van der Waals surface area contributed by atoms with E-state index >= 15 is 0 Å². The predicted molar refractivity (Wildman–Crippen MR) is 89.9 cm³/mol. The van der Waals surface area contributed by atoms with Crippen LogP contribution < -0.4 is 5.73 Å². The van der Waals surface area contributed by atoms with E-state index < -0.39 is 0 Å². The summed E-state index contributed by atoms with van der Waals surface area (Å²) in [6.45, 7) is 12.4. The third kappa shape index (κ3) is 4.62. The van der Waals surface area contributed by atoms with Crippen LogP contribution >= 0.6 is 12.4 Å². The van der Waals surface area contributed by atoms with Crippen LogP contribution in [0.4, 0.5) is 0 Å². The molecule has 0 amide bonds. The van der Waals surface area contributed by atoms with E-state index in [1.165, 1.54) is 0 Å². The fourth-order valence-electron chi connectivity index (χ4n) is 2.23. The zero-order valence-corrected chi connectivity index (χ0v) is 14.6. The summed E-state index contributed by atoms with van der Waals surface area (Å²) >= 11 is 0. The largest absolute Gasteiger partial charge is 0.507 e. The molecule has 0 spiro atoms. The first kappa shape index (κ1) is 19.8. The molecule has 0 unspecified atom stereocenters. The number of aromatic hydroxyl groups is 1. The van der Waals surface area contributed by atoms with Crippen LogP contribution in [-0.4, -0.2) is 5.11 Å². The summed E-state index contributed by atoms with van der Waals surface area (Å²) in [4.78, 5) is 0. The van der Waals surface area contributed by atoms with Crippen LogP contribution in [-0.2, 0) is 10.8 Å². The van der Waals surface area contributed by atoms with Gasteiger partial charge in [0.25, 0.3) is 0 Å². The molecule has 0 fully saturated rings. The highest BCUT2D eigenvalue weighted by atomic mass is 35.5. The summed E-state index contributed by atoms with van der Waals surface area (Å²) in [5, 5.41) is 19.4. The molecule has 1 atom stereocenters. The molecule has 0 aliphatic carbocycles. The van der Waals surface area contributed by atoms with Crippen molar-refractivity contribution in [3.63, 3.8) is 0 Å². The number of nitrogens with zero attached hydrogens (tertiary/aromatic N) is 1. The van der Waals surface area contributed by atoms with Gasteiger partial charge in [-0.2, -0.15) is 5.26 Å². The van der Waals surface area contributed by atoms with Gasteiger partial charge in [0.2, 0.25) is 0 Å². The lowest BCUT2D eigenvalue weighted by molar-refractivity contribution is 0.422. The number of halogens is 1. The Bertz CT molecular complexity index is 498. The highest BCUT2D eigenvalue weighted by molar-refractivity contribution is 5.85. The molecule has 0 aliphatic rings. The number of nitrogens with two attached hydrogens (primary N) is 1. The molecule has 21 heavy (non-hydrogen) atoms. The standard InChI is InChI=1S/C17H26N2O.ClH/c1-16(2,3)12-9-11(14(19)7-8-18)10-13(15(12)20)17(4,5)6;/h9-10,14,20H,7,19H2,1-6H3;1H/t14-;/m1./s1. The van der Waals surface area contributed by atoms with Crippen molar-refractivity contribution < 1.29 is 5.11 Å². The molecule has 3 nitrogen and oxygen atoms in total. The van der Waals surface area contributed by atoms with E-state index in [0.29, 0.717) is 5.75 Å². The normalized spacial score (nSPS) is 13.2. The second-order valence-electron chi connectivity index (χ2n) is 7.43. The van der Waals surface area contributed by atoms with Gasteiger partial charge in [-0.1, -0.05) is 41.5 Å². The minimum absolute atomic E-state index is 0. The fourth-order valence-corrected chi connectivity index (χ4v) is 2.23.